The maximum absolute atomic E-state index is 13.8. The maximum atomic E-state index is 13.8. The second kappa shape index (κ2) is 15.2. The highest BCUT2D eigenvalue weighted by Gasteiger charge is 2.39. The summed E-state index contributed by atoms with van der Waals surface area (Å²) < 4.78 is 44.6. The summed E-state index contributed by atoms with van der Waals surface area (Å²) in [6.07, 6.45) is 7.10. The number of carboxylic acid groups (broad SMARTS) is 1. The molecule has 0 saturated heterocycles. The molecule has 0 amide bonds. The van der Waals surface area contributed by atoms with Gasteiger partial charge >= 0.3 is 14.8 Å². The van der Waals surface area contributed by atoms with Crippen molar-refractivity contribution >= 4 is 20.8 Å². The molecule has 1 N–H and O–H groups in total. The van der Waals surface area contributed by atoms with Gasteiger partial charge in [0.2, 0.25) is 0 Å². The highest BCUT2D eigenvalue weighted by Crippen LogP contribution is 2.22. The summed E-state index contributed by atoms with van der Waals surface area (Å²) in [6.45, 7) is 7.56. The van der Waals surface area contributed by atoms with Gasteiger partial charge in [0, 0.05) is 37.0 Å². The van der Waals surface area contributed by atoms with Crippen molar-refractivity contribution in [2.24, 2.45) is 0 Å². The molecule has 5 nitrogen and oxygen atoms in total. The minimum absolute atomic E-state index is 0.0389. The topological polar surface area (TPSA) is 65.0 Å². The van der Waals surface area contributed by atoms with E-state index in [-0.39, 0.29) is 11.1 Å². The Balaban J connectivity index is 2.39. The Hall–Kier alpha value is -1.61. The van der Waals surface area contributed by atoms with Gasteiger partial charge in [0.1, 0.15) is 0 Å². The Kier molecular flexibility index (Phi) is 13.5. The van der Waals surface area contributed by atoms with E-state index in [1.54, 1.807) is 0 Å². The number of hydrogen-bond acceptors (Lipinski definition) is 4. The zero-order valence-electron chi connectivity index (χ0n) is 18.9. The number of rotatable bonds is 17. The van der Waals surface area contributed by atoms with Crippen LogP contribution in [0.4, 0.5) is 8.78 Å². The monoisotopic (exact) mass is 458 g/mol. The van der Waals surface area contributed by atoms with Crippen LogP contribution < -0.4 is 0 Å². The summed E-state index contributed by atoms with van der Waals surface area (Å²) in [4.78, 5) is 11.4. The predicted molar refractivity (Wildman–Crippen MR) is 120 cm³/mol. The van der Waals surface area contributed by atoms with E-state index >= 15 is 0 Å². The summed E-state index contributed by atoms with van der Waals surface area (Å²) in [5, 5.41) is 9.36. The Labute approximate surface area is 185 Å². The first kappa shape index (κ1) is 27.4. The molecule has 0 saturated carbocycles. The van der Waals surface area contributed by atoms with Crippen molar-refractivity contribution in [1.82, 2.24) is 0 Å². The normalized spacial score (nSPS) is 12.4. The largest absolute Gasteiger partial charge is 0.500 e. The van der Waals surface area contributed by atoms with Crippen LogP contribution in [0.2, 0.25) is 6.04 Å². The molecule has 0 aliphatic carbocycles. The third kappa shape index (κ3) is 10.0. The average molecular weight is 459 g/mol. The molecule has 0 unspecified atom stereocenters. The van der Waals surface area contributed by atoms with Crippen LogP contribution in [0.25, 0.3) is 6.08 Å². The molecule has 0 spiro atoms. The lowest BCUT2D eigenvalue weighted by molar-refractivity contribution is -0.132. The van der Waals surface area contributed by atoms with Crippen molar-refractivity contribution in [3.63, 3.8) is 0 Å². The fourth-order valence-corrected chi connectivity index (χ4v) is 6.11. The van der Waals surface area contributed by atoms with Gasteiger partial charge in [0.05, 0.1) is 0 Å². The molecule has 8 heteroatoms. The van der Waals surface area contributed by atoms with E-state index in [0.29, 0.717) is 32.7 Å². The summed E-state index contributed by atoms with van der Waals surface area (Å²) >= 11 is 0. The van der Waals surface area contributed by atoms with Gasteiger partial charge in [0.25, 0.3) is 0 Å². The van der Waals surface area contributed by atoms with Crippen molar-refractivity contribution in [3.8, 4) is 0 Å². The fourth-order valence-electron chi connectivity index (χ4n) is 3.43. The number of halogens is 2. The minimum atomic E-state index is -2.57. The molecule has 0 aliphatic heterocycles. The summed E-state index contributed by atoms with van der Waals surface area (Å²) in [5.41, 5.74) is 0.0494. The minimum Gasteiger partial charge on any atom is -0.478 e. The third-order valence-electron chi connectivity index (χ3n) is 4.86. The van der Waals surface area contributed by atoms with Crippen LogP contribution in [-0.4, -0.2) is 39.7 Å². The second-order valence-electron chi connectivity index (χ2n) is 7.22. The van der Waals surface area contributed by atoms with Gasteiger partial charge in [-0.2, -0.15) is 0 Å². The Bertz CT molecular complexity index is 680. The van der Waals surface area contributed by atoms with Crippen LogP contribution in [0.1, 0.15) is 71.3 Å². The first-order chi connectivity index (χ1) is 14.9. The number of benzene rings is 1. The van der Waals surface area contributed by atoms with Gasteiger partial charge in [-0.3, -0.25) is 0 Å². The Morgan fingerprint density at radius 1 is 0.935 bits per heavy atom. The standard InChI is InChI=1S/C23H36F2O5Si/c1-4-28-31(29-5-2,30-6-3)17-12-10-8-7-9-11-14-20(23(26)27)18-19-15-13-16-21(24)22(19)25/h13,15-16,18H,4-12,14,17H2,1-3H3,(H,26,27)/b20-18+. The van der Waals surface area contributed by atoms with Gasteiger partial charge < -0.3 is 18.4 Å². The highest BCUT2D eigenvalue weighted by molar-refractivity contribution is 6.60. The Morgan fingerprint density at radius 2 is 1.48 bits per heavy atom. The van der Waals surface area contributed by atoms with Crippen molar-refractivity contribution in [2.45, 2.75) is 71.8 Å². The predicted octanol–water partition coefficient (Wildman–Crippen LogP) is 6.21. The fraction of sp³-hybridized carbons (Fsp3) is 0.609. The zero-order valence-corrected chi connectivity index (χ0v) is 19.9. The molecule has 31 heavy (non-hydrogen) atoms. The summed E-state index contributed by atoms with van der Waals surface area (Å²) in [7, 11) is -2.57. The molecule has 0 heterocycles. The van der Waals surface area contributed by atoms with E-state index in [0.717, 1.165) is 44.2 Å². The van der Waals surface area contributed by atoms with E-state index < -0.39 is 26.4 Å². The molecule has 0 bridgehead atoms. The van der Waals surface area contributed by atoms with Crippen molar-refractivity contribution in [1.29, 1.82) is 0 Å². The van der Waals surface area contributed by atoms with E-state index in [4.69, 9.17) is 13.3 Å². The lowest BCUT2D eigenvalue weighted by Gasteiger charge is -2.28. The van der Waals surface area contributed by atoms with E-state index in [1.807, 2.05) is 20.8 Å². The van der Waals surface area contributed by atoms with Crippen molar-refractivity contribution in [2.75, 3.05) is 19.8 Å². The number of hydrogen-bond donors (Lipinski definition) is 1. The van der Waals surface area contributed by atoms with E-state index in [1.165, 1.54) is 18.2 Å². The van der Waals surface area contributed by atoms with Crippen LogP contribution in [0.5, 0.6) is 0 Å². The lowest BCUT2D eigenvalue weighted by Crippen LogP contribution is -2.45. The lowest BCUT2D eigenvalue weighted by atomic mass is 10.0. The SMILES string of the molecule is CCO[Si](CCCCCCCC/C(=C\c1cccc(F)c1F)C(=O)O)(OCC)OCC. The van der Waals surface area contributed by atoms with Crippen molar-refractivity contribution in [3.05, 3.63) is 41.0 Å². The van der Waals surface area contributed by atoms with Gasteiger partial charge in [-0.15, -0.1) is 0 Å². The van der Waals surface area contributed by atoms with Crippen LogP contribution in [0, 0.1) is 11.6 Å². The summed E-state index contributed by atoms with van der Waals surface area (Å²) in [5.74, 6) is -3.11. The van der Waals surface area contributed by atoms with E-state index in [9.17, 15) is 18.7 Å². The molecular weight excluding hydrogens is 422 g/mol. The summed E-state index contributed by atoms with van der Waals surface area (Å²) in [6, 6.07) is 4.55. The molecular formula is C23H36F2O5Si. The molecule has 1 aromatic rings. The number of carboxylic acids is 1. The molecule has 0 fully saturated rings. The van der Waals surface area contributed by atoms with Crippen molar-refractivity contribution < 1.29 is 32.0 Å². The third-order valence-corrected chi connectivity index (χ3v) is 8.01. The van der Waals surface area contributed by atoms with Crippen LogP contribution >= 0.6 is 0 Å². The van der Waals surface area contributed by atoms with Crippen LogP contribution in [0.15, 0.2) is 23.8 Å². The molecule has 176 valence electrons. The zero-order chi connectivity index (χ0) is 23.1. The van der Waals surface area contributed by atoms with Gasteiger partial charge in [0.15, 0.2) is 11.6 Å². The highest BCUT2D eigenvalue weighted by atomic mass is 28.4. The van der Waals surface area contributed by atoms with Gasteiger partial charge in [-0.25, -0.2) is 13.6 Å². The maximum Gasteiger partial charge on any atom is 0.500 e. The van der Waals surface area contributed by atoms with E-state index in [2.05, 4.69) is 0 Å². The first-order valence-corrected chi connectivity index (χ1v) is 13.1. The molecule has 0 aliphatic rings. The molecule has 0 aromatic heterocycles. The Morgan fingerprint density at radius 3 is 2.03 bits per heavy atom. The first-order valence-electron chi connectivity index (χ1n) is 11.2. The second-order valence-corrected chi connectivity index (χ2v) is 9.95. The molecule has 0 atom stereocenters. The smallest absolute Gasteiger partial charge is 0.478 e. The average Bonchev–Trinajstić information content (AvgIpc) is 2.72. The van der Waals surface area contributed by atoms with Crippen LogP contribution in [0.3, 0.4) is 0 Å². The van der Waals surface area contributed by atoms with Gasteiger partial charge in [-0.05, 0) is 52.2 Å². The number of unbranched alkanes of at least 4 members (excludes halogenated alkanes) is 5. The molecule has 1 rings (SSSR count). The number of aliphatic carboxylic acids is 1. The quantitative estimate of drug-likeness (QED) is 0.171. The molecule has 1 aromatic carbocycles. The van der Waals surface area contributed by atoms with Gasteiger partial charge in [-0.1, -0.05) is 37.8 Å². The molecule has 0 radical (unpaired) electrons. The number of carbonyl (C=O) groups is 1. The van der Waals surface area contributed by atoms with Crippen LogP contribution in [-0.2, 0) is 18.1 Å².